The van der Waals surface area contributed by atoms with Crippen LogP contribution < -0.4 is 5.32 Å². The Balaban J connectivity index is 1.52. The second-order valence-corrected chi connectivity index (χ2v) is 9.75. The van der Waals surface area contributed by atoms with Crippen LogP contribution in [-0.4, -0.2) is 55.3 Å². The summed E-state index contributed by atoms with van der Waals surface area (Å²) in [7, 11) is -3.02. The maximum atomic E-state index is 12.6. The smallest absolute Gasteiger partial charge is 0.251 e. The Bertz CT molecular complexity index is 759. The van der Waals surface area contributed by atoms with Crippen LogP contribution in [0.15, 0.2) is 28.7 Å². The predicted molar refractivity (Wildman–Crippen MR) is 98.0 cm³/mol. The average molecular weight is 429 g/mol. The van der Waals surface area contributed by atoms with Crippen molar-refractivity contribution in [2.24, 2.45) is 0 Å². The first-order chi connectivity index (χ1) is 11.9. The zero-order valence-corrected chi connectivity index (χ0v) is 16.2. The van der Waals surface area contributed by atoms with Crippen molar-refractivity contribution in [3.05, 3.63) is 34.3 Å². The molecule has 6 nitrogen and oxygen atoms in total. The minimum Gasteiger partial charge on any atom is -0.352 e. The molecule has 8 heteroatoms. The van der Waals surface area contributed by atoms with Gasteiger partial charge in [0.15, 0.2) is 9.84 Å². The number of benzene rings is 1. The molecule has 1 aliphatic heterocycles. The minimum absolute atomic E-state index is 0.0688. The van der Waals surface area contributed by atoms with Crippen LogP contribution >= 0.6 is 15.9 Å². The van der Waals surface area contributed by atoms with Gasteiger partial charge >= 0.3 is 0 Å². The molecule has 1 N–H and O–H groups in total. The minimum atomic E-state index is -3.02. The maximum absolute atomic E-state index is 12.6. The van der Waals surface area contributed by atoms with Crippen LogP contribution in [-0.2, 0) is 14.6 Å². The zero-order valence-electron chi connectivity index (χ0n) is 13.8. The van der Waals surface area contributed by atoms with Crippen molar-refractivity contribution < 1.29 is 18.0 Å². The third-order valence-corrected chi connectivity index (χ3v) is 6.84. The number of carbonyl (C=O) groups excluding carboxylic acids is 2. The van der Waals surface area contributed by atoms with Gasteiger partial charge in [-0.05, 0) is 43.5 Å². The lowest BCUT2D eigenvalue weighted by Gasteiger charge is -2.28. The molecular formula is C17H21BrN2O4S. The third-order valence-electron chi connectivity index (χ3n) is 4.56. The molecule has 1 saturated carbocycles. The van der Waals surface area contributed by atoms with Crippen molar-refractivity contribution in [3.8, 4) is 0 Å². The van der Waals surface area contributed by atoms with Gasteiger partial charge in [-0.3, -0.25) is 9.59 Å². The Morgan fingerprint density at radius 2 is 1.80 bits per heavy atom. The number of rotatable bonds is 6. The molecule has 1 heterocycles. The van der Waals surface area contributed by atoms with Crippen molar-refractivity contribution >= 4 is 37.6 Å². The number of amides is 2. The highest BCUT2D eigenvalue weighted by Gasteiger charge is 2.41. The number of sulfone groups is 1. The number of hydrogen-bond acceptors (Lipinski definition) is 4. The van der Waals surface area contributed by atoms with E-state index >= 15 is 0 Å². The second-order valence-electron chi connectivity index (χ2n) is 6.60. The molecule has 1 aliphatic carbocycles. The molecule has 1 saturated heterocycles. The molecule has 1 atom stereocenters. The highest BCUT2D eigenvalue weighted by molar-refractivity contribution is 9.10. The first kappa shape index (κ1) is 18.4. The summed E-state index contributed by atoms with van der Waals surface area (Å²) in [5.74, 6) is -0.0583. The first-order valence-electron chi connectivity index (χ1n) is 8.41. The highest BCUT2D eigenvalue weighted by atomic mass is 79.9. The lowest BCUT2D eigenvalue weighted by Crippen LogP contribution is -2.44. The molecule has 25 heavy (non-hydrogen) atoms. The Labute approximate surface area is 156 Å². The largest absolute Gasteiger partial charge is 0.352 e. The van der Waals surface area contributed by atoms with Crippen molar-refractivity contribution in [3.63, 3.8) is 0 Å². The summed E-state index contributed by atoms with van der Waals surface area (Å²) in [6.45, 7) is 0.246. The molecular weight excluding hydrogens is 408 g/mol. The zero-order chi connectivity index (χ0) is 18.0. The second kappa shape index (κ2) is 7.45. The van der Waals surface area contributed by atoms with Crippen LogP contribution in [0.4, 0.5) is 0 Å². The molecule has 3 rings (SSSR count). The number of hydrogen-bond donors (Lipinski definition) is 1. The molecule has 2 fully saturated rings. The van der Waals surface area contributed by atoms with Crippen molar-refractivity contribution in [1.29, 1.82) is 0 Å². The SMILES string of the molecule is O=C(NCCC(=O)N(C1CC1)C1CCS(=O)(=O)C1)c1ccc(Br)cc1. The first-order valence-corrected chi connectivity index (χ1v) is 11.0. The fourth-order valence-corrected chi connectivity index (χ4v) is 5.14. The number of carbonyl (C=O) groups is 2. The summed E-state index contributed by atoms with van der Waals surface area (Å²) in [5, 5.41) is 2.75. The van der Waals surface area contributed by atoms with Gasteiger partial charge in [0.1, 0.15) is 0 Å². The van der Waals surface area contributed by atoms with Gasteiger partial charge in [-0.2, -0.15) is 0 Å². The van der Waals surface area contributed by atoms with Gasteiger partial charge in [0, 0.05) is 35.1 Å². The maximum Gasteiger partial charge on any atom is 0.251 e. The molecule has 0 spiro atoms. The Kier molecular flexibility index (Phi) is 5.48. The summed E-state index contributed by atoms with van der Waals surface area (Å²) in [6, 6.07) is 6.97. The van der Waals surface area contributed by atoms with Crippen LogP contribution in [0.5, 0.6) is 0 Å². The topological polar surface area (TPSA) is 83.6 Å². The van der Waals surface area contributed by atoms with E-state index < -0.39 is 9.84 Å². The van der Waals surface area contributed by atoms with E-state index in [9.17, 15) is 18.0 Å². The van der Waals surface area contributed by atoms with Gasteiger partial charge in [-0.15, -0.1) is 0 Å². The molecule has 2 amide bonds. The normalized spacial score (nSPS) is 21.7. The van der Waals surface area contributed by atoms with Crippen LogP contribution in [0.25, 0.3) is 0 Å². The summed E-state index contributed by atoms with van der Waals surface area (Å²) in [5.41, 5.74) is 0.539. The molecule has 1 aromatic carbocycles. The summed E-state index contributed by atoms with van der Waals surface area (Å²) in [6.07, 6.45) is 2.59. The third kappa shape index (κ3) is 4.82. The highest BCUT2D eigenvalue weighted by Crippen LogP contribution is 2.32. The van der Waals surface area contributed by atoms with E-state index in [0.717, 1.165) is 17.3 Å². The van der Waals surface area contributed by atoms with E-state index in [1.165, 1.54) is 0 Å². The molecule has 1 aromatic rings. The summed E-state index contributed by atoms with van der Waals surface area (Å²) in [4.78, 5) is 26.4. The van der Waals surface area contributed by atoms with E-state index in [1.54, 1.807) is 29.2 Å². The molecule has 0 aromatic heterocycles. The standard InChI is InChI=1S/C17H21BrN2O4S/c18-13-3-1-12(2-4-13)17(22)19-9-7-16(21)20(14-5-6-14)15-8-10-25(23,24)11-15/h1-4,14-15H,5-11H2,(H,19,22). The Morgan fingerprint density at radius 1 is 1.12 bits per heavy atom. The monoisotopic (exact) mass is 428 g/mol. The van der Waals surface area contributed by atoms with E-state index in [2.05, 4.69) is 21.2 Å². The lowest BCUT2D eigenvalue weighted by atomic mass is 10.2. The van der Waals surface area contributed by atoms with Gasteiger partial charge in [-0.25, -0.2) is 8.42 Å². The van der Waals surface area contributed by atoms with Crippen LogP contribution in [0.2, 0.25) is 0 Å². The van der Waals surface area contributed by atoms with Gasteiger partial charge in [-0.1, -0.05) is 15.9 Å². The molecule has 2 aliphatic rings. The predicted octanol–water partition coefficient (Wildman–Crippen LogP) is 1.75. The van der Waals surface area contributed by atoms with Gasteiger partial charge < -0.3 is 10.2 Å². The van der Waals surface area contributed by atoms with Gasteiger partial charge in [0.25, 0.3) is 5.91 Å². The van der Waals surface area contributed by atoms with Crippen molar-refractivity contribution in [2.75, 3.05) is 18.1 Å². The fraction of sp³-hybridized carbons (Fsp3) is 0.529. The molecule has 1 unspecified atom stereocenters. The Hall–Kier alpha value is -1.41. The number of halogens is 1. The van der Waals surface area contributed by atoms with Crippen LogP contribution in [0, 0.1) is 0 Å². The molecule has 0 radical (unpaired) electrons. The lowest BCUT2D eigenvalue weighted by molar-refractivity contribution is -0.133. The summed E-state index contributed by atoms with van der Waals surface area (Å²) >= 11 is 3.32. The van der Waals surface area contributed by atoms with E-state index in [0.29, 0.717) is 12.0 Å². The van der Waals surface area contributed by atoms with Gasteiger partial charge in [0.2, 0.25) is 5.91 Å². The molecule has 136 valence electrons. The average Bonchev–Trinajstić information content (AvgIpc) is 3.31. The van der Waals surface area contributed by atoms with E-state index in [4.69, 9.17) is 0 Å². The summed E-state index contributed by atoms with van der Waals surface area (Å²) < 4.78 is 24.3. The van der Waals surface area contributed by atoms with E-state index in [1.807, 2.05) is 0 Å². The fourth-order valence-electron chi connectivity index (χ4n) is 3.17. The van der Waals surface area contributed by atoms with Crippen LogP contribution in [0.3, 0.4) is 0 Å². The van der Waals surface area contributed by atoms with Gasteiger partial charge in [0.05, 0.1) is 11.5 Å². The number of nitrogens with zero attached hydrogens (tertiary/aromatic N) is 1. The van der Waals surface area contributed by atoms with Crippen molar-refractivity contribution in [2.45, 2.75) is 37.8 Å². The van der Waals surface area contributed by atoms with Crippen LogP contribution in [0.1, 0.15) is 36.0 Å². The quantitative estimate of drug-likeness (QED) is 0.747. The Morgan fingerprint density at radius 3 is 2.36 bits per heavy atom. The number of nitrogens with one attached hydrogen (secondary N) is 1. The van der Waals surface area contributed by atoms with E-state index in [-0.39, 0.29) is 48.4 Å². The van der Waals surface area contributed by atoms with Crippen molar-refractivity contribution in [1.82, 2.24) is 10.2 Å². The molecule has 0 bridgehead atoms.